The fraction of sp³-hybridized carbons (Fsp3) is 0.250. The first kappa shape index (κ1) is 30.9. The molecule has 8 nitrogen and oxygen atoms in total. The van der Waals surface area contributed by atoms with E-state index in [1.165, 1.54) is 0 Å². The SMILES string of the molecule is CCCOc1ccc(-n2c(C)nc(CCC)c(Cc3ccc(-c4ccccc4-c4noc(=O)[nH]4)cc3)c2=O)cc1.[KH]. The van der Waals surface area contributed by atoms with Crippen molar-refractivity contribution in [3.8, 4) is 34.0 Å². The van der Waals surface area contributed by atoms with Crippen LogP contribution in [-0.4, -0.2) is 77.7 Å². The van der Waals surface area contributed by atoms with E-state index >= 15 is 0 Å². The zero-order valence-corrected chi connectivity index (χ0v) is 22.9. The van der Waals surface area contributed by atoms with Gasteiger partial charge in [0, 0.05) is 17.5 Å². The number of ether oxygens (including phenoxy) is 1. The van der Waals surface area contributed by atoms with Gasteiger partial charge in [0.2, 0.25) is 0 Å². The first-order chi connectivity index (χ1) is 19.5. The van der Waals surface area contributed by atoms with Crippen LogP contribution in [0.25, 0.3) is 28.2 Å². The Kier molecular flexibility index (Phi) is 10.7. The Morgan fingerprint density at radius 2 is 1.61 bits per heavy atom. The van der Waals surface area contributed by atoms with E-state index in [1.807, 2.05) is 79.7 Å². The van der Waals surface area contributed by atoms with Crippen molar-refractivity contribution < 1.29 is 9.26 Å². The molecule has 9 heteroatoms. The third-order valence-corrected chi connectivity index (χ3v) is 6.75. The van der Waals surface area contributed by atoms with Crippen LogP contribution < -0.4 is 16.1 Å². The molecule has 0 aliphatic carbocycles. The van der Waals surface area contributed by atoms with Crippen molar-refractivity contribution in [3.63, 3.8) is 0 Å². The minimum atomic E-state index is -0.596. The van der Waals surface area contributed by atoms with Gasteiger partial charge in [0.05, 0.1) is 18.0 Å². The number of aromatic nitrogens is 4. The van der Waals surface area contributed by atoms with Crippen molar-refractivity contribution in [2.75, 3.05) is 6.61 Å². The molecule has 0 spiro atoms. The van der Waals surface area contributed by atoms with E-state index in [2.05, 4.69) is 24.0 Å². The molecule has 41 heavy (non-hydrogen) atoms. The van der Waals surface area contributed by atoms with Crippen LogP contribution in [-0.2, 0) is 12.8 Å². The average Bonchev–Trinajstić information content (AvgIpc) is 3.41. The van der Waals surface area contributed by atoms with E-state index in [-0.39, 0.29) is 56.9 Å². The van der Waals surface area contributed by atoms with Crippen LogP contribution in [0.15, 0.2) is 86.9 Å². The van der Waals surface area contributed by atoms with Crippen molar-refractivity contribution in [2.24, 2.45) is 0 Å². The number of benzene rings is 3. The number of nitrogens with one attached hydrogen (secondary N) is 1. The Morgan fingerprint density at radius 3 is 2.24 bits per heavy atom. The minimum absolute atomic E-state index is 0. The quantitative estimate of drug-likeness (QED) is 0.228. The van der Waals surface area contributed by atoms with Crippen molar-refractivity contribution in [1.29, 1.82) is 0 Å². The normalized spacial score (nSPS) is 10.8. The predicted molar refractivity (Wildman–Crippen MR) is 162 cm³/mol. The fourth-order valence-electron chi connectivity index (χ4n) is 4.85. The van der Waals surface area contributed by atoms with Crippen molar-refractivity contribution in [3.05, 3.63) is 116 Å². The Balaban J connectivity index is 0.00000387. The summed E-state index contributed by atoms with van der Waals surface area (Å²) in [6.45, 7) is 6.69. The summed E-state index contributed by atoms with van der Waals surface area (Å²) in [6.07, 6.45) is 3.03. The third kappa shape index (κ3) is 7.05. The number of aryl methyl sites for hydroxylation is 2. The second kappa shape index (κ2) is 14.2. The summed E-state index contributed by atoms with van der Waals surface area (Å²) in [6, 6.07) is 23.3. The molecular formula is C32H33KN4O4. The van der Waals surface area contributed by atoms with Crippen LogP contribution in [0.3, 0.4) is 0 Å². The van der Waals surface area contributed by atoms with Gasteiger partial charge in [-0.2, -0.15) is 0 Å². The molecule has 0 radical (unpaired) electrons. The molecule has 0 fully saturated rings. The standard InChI is InChI=1S/C32H32N4O4.K.H/c1-4-8-29-28(31(37)36(21(3)33-29)24-15-17-25(18-16-24)39-19-5-2)20-22-11-13-23(14-12-22)26-9-6-7-10-27(26)30-34-32(38)40-35-30;;/h6-7,9-18H,4-5,8,19-20H2,1-3H3,(H,34,35,38);;. The molecule has 0 atom stereocenters. The van der Waals surface area contributed by atoms with Gasteiger partial charge in [0.15, 0.2) is 5.82 Å². The van der Waals surface area contributed by atoms with Crippen LogP contribution in [0.1, 0.15) is 49.3 Å². The van der Waals surface area contributed by atoms with Gasteiger partial charge in [-0.05, 0) is 60.7 Å². The Bertz CT molecular complexity index is 1720. The summed E-state index contributed by atoms with van der Waals surface area (Å²) >= 11 is 0. The van der Waals surface area contributed by atoms with E-state index in [0.29, 0.717) is 30.2 Å². The maximum atomic E-state index is 13.9. The molecule has 5 rings (SSSR count). The summed E-state index contributed by atoms with van der Waals surface area (Å²) < 4.78 is 12.1. The molecule has 0 aliphatic rings. The van der Waals surface area contributed by atoms with Crippen molar-refractivity contribution >= 4 is 51.4 Å². The number of nitrogens with zero attached hydrogens (tertiary/aromatic N) is 3. The van der Waals surface area contributed by atoms with Crippen LogP contribution in [0, 0.1) is 6.92 Å². The summed E-state index contributed by atoms with van der Waals surface area (Å²) in [5, 5.41) is 3.85. The zero-order chi connectivity index (χ0) is 28.1. The molecule has 3 aromatic carbocycles. The molecular weight excluding hydrogens is 543 g/mol. The van der Waals surface area contributed by atoms with Crippen LogP contribution in [0.2, 0.25) is 0 Å². The Hall–Kier alpha value is -3.08. The first-order valence-electron chi connectivity index (χ1n) is 13.6. The van der Waals surface area contributed by atoms with Gasteiger partial charge in [-0.25, -0.2) is 9.78 Å². The van der Waals surface area contributed by atoms with Gasteiger partial charge in [0.25, 0.3) is 5.56 Å². The molecule has 0 aliphatic heterocycles. The van der Waals surface area contributed by atoms with E-state index in [4.69, 9.17) is 14.2 Å². The van der Waals surface area contributed by atoms with Gasteiger partial charge in [-0.15, -0.1) is 0 Å². The second-order valence-electron chi connectivity index (χ2n) is 9.68. The van der Waals surface area contributed by atoms with Gasteiger partial charge in [-0.1, -0.05) is 74.0 Å². The topological polar surface area (TPSA) is 103 Å². The van der Waals surface area contributed by atoms with E-state index in [0.717, 1.165) is 58.6 Å². The van der Waals surface area contributed by atoms with Crippen molar-refractivity contribution in [1.82, 2.24) is 19.7 Å². The summed E-state index contributed by atoms with van der Waals surface area (Å²) in [5.41, 5.74) is 5.90. The van der Waals surface area contributed by atoms with Gasteiger partial charge in [-0.3, -0.25) is 18.9 Å². The third-order valence-electron chi connectivity index (χ3n) is 6.75. The van der Waals surface area contributed by atoms with E-state index in [9.17, 15) is 9.59 Å². The fourth-order valence-corrected chi connectivity index (χ4v) is 4.85. The molecule has 2 aromatic heterocycles. The molecule has 0 amide bonds. The van der Waals surface area contributed by atoms with Gasteiger partial charge >= 0.3 is 57.1 Å². The zero-order valence-electron chi connectivity index (χ0n) is 22.9. The molecule has 1 N–H and O–H groups in total. The van der Waals surface area contributed by atoms with Crippen LogP contribution in [0.5, 0.6) is 5.75 Å². The first-order valence-corrected chi connectivity index (χ1v) is 13.6. The molecule has 2 heterocycles. The number of aromatic amines is 1. The van der Waals surface area contributed by atoms with E-state index in [1.54, 1.807) is 4.57 Å². The number of H-pyrrole nitrogens is 1. The van der Waals surface area contributed by atoms with Crippen LogP contribution >= 0.6 is 0 Å². The Labute approximate surface area is 281 Å². The van der Waals surface area contributed by atoms with Gasteiger partial charge in [0.1, 0.15) is 11.6 Å². The van der Waals surface area contributed by atoms with Crippen LogP contribution in [0.4, 0.5) is 0 Å². The maximum absolute atomic E-state index is 13.9. The Morgan fingerprint density at radius 1 is 0.902 bits per heavy atom. The molecule has 206 valence electrons. The number of hydrogen-bond donors (Lipinski definition) is 1. The molecule has 0 unspecified atom stereocenters. The second-order valence-corrected chi connectivity index (χ2v) is 9.68. The average molecular weight is 577 g/mol. The number of hydrogen-bond acceptors (Lipinski definition) is 6. The summed E-state index contributed by atoms with van der Waals surface area (Å²) in [4.78, 5) is 32.9. The molecule has 0 saturated carbocycles. The van der Waals surface area contributed by atoms with E-state index < -0.39 is 5.76 Å². The number of rotatable bonds is 10. The summed E-state index contributed by atoms with van der Waals surface area (Å²) in [7, 11) is 0. The molecule has 5 aromatic rings. The van der Waals surface area contributed by atoms with Gasteiger partial charge < -0.3 is 4.74 Å². The van der Waals surface area contributed by atoms with Crippen molar-refractivity contribution in [2.45, 2.75) is 46.5 Å². The predicted octanol–water partition coefficient (Wildman–Crippen LogP) is 5.23. The molecule has 0 saturated heterocycles. The monoisotopic (exact) mass is 576 g/mol. The summed E-state index contributed by atoms with van der Waals surface area (Å²) in [5.74, 6) is 1.23. The molecule has 0 bridgehead atoms.